The maximum atomic E-state index is 13.7. The van der Waals surface area contributed by atoms with Crippen LogP contribution in [-0.2, 0) is 0 Å². The fourth-order valence-corrected chi connectivity index (χ4v) is 1.62. The minimum absolute atomic E-state index is 0.139. The molecule has 21 heavy (non-hydrogen) atoms. The van der Waals surface area contributed by atoms with Crippen LogP contribution in [0.5, 0.6) is 11.5 Å². The van der Waals surface area contributed by atoms with Gasteiger partial charge in [0.25, 0.3) is 5.69 Å². The first-order chi connectivity index (χ1) is 9.90. The van der Waals surface area contributed by atoms with Crippen LogP contribution >= 0.6 is 0 Å². The molecule has 0 saturated carbocycles. The standard InChI is InChI=1S/C12H8FN3O5/c13-8-6-7(15(17)18)4-5-10(8)21-11-3-1-2-9(14)12(11)16(19)20/h1-6H,14H2. The highest BCUT2D eigenvalue weighted by Crippen LogP contribution is 2.37. The fourth-order valence-electron chi connectivity index (χ4n) is 1.62. The van der Waals surface area contributed by atoms with Crippen molar-refractivity contribution in [1.29, 1.82) is 0 Å². The molecule has 0 radical (unpaired) electrons. The number of nitrogens with zero attached hydrogens (tertiary/aromatic N) is 2. The molecular formula is C12H8FN3O5. The van der Waals surface area contributed by atoms with Gasteiger partial charge in [-0.3, -0.25) is 20.2 Å². The van der Waals surface area contributed by atoms with Gasteiger partial charge in [-0.05, 0) is 18.2 Å². The number of rotatable bonds is 4. The number of nitrogen functional groups attached to an aromatic ring is 1. The lowest BCUT2D eigenvalue weighted by Crippen LogP contribution is -1.99. The molecule has 0 saturated heterocycles. The van der Waals surface area contributed by atoms with Crippen LogP contribution in [0.2, 0.25) is 0 Å². The van der Waals surface area contributed by atoms with E-state index in [9.17, 15) is 24.6 Å². The van der Waals surface area contributed by atoms with Crippen molar-refractivity contribution in [3.05, 3.63) is 62.4 Å². The van der Waals surface area contributed by atoms with Crippen molar-refractivity contribution in [2.75, 3.05) is 5.73 Å². The number of anilines is 1. The van der Waals surface area contributed by atoms with Crippen molar-refractivity contribution in [3.8, 4) is 11.5 Å². The van der Waals surface area contributed by atoms with E-state index in [1.54, 1.807) is 0 Å². The van der Waals surface area contributed by atoms with E-state index in [2.05, 4.69) is 0 Å². The summed E-state index contributed by atoms with van der Waals surface area (Å²) in [5, 5.41) is 21.4. The molecular weight excluding hydrogens is 285 g/mol. The van der Waals surface area contributed by atoms with Crippen molar-refractivity contribution < 1.29 is 19.0 Å². The number of benzene rings is 2. The molecule has 0 aliphatic rings. The SMILES string of the molecule is Nc1cccc(Oc2ccc([N+](=O)[O-])cc2F)c1[N+](=O)[O-]. The molecule has 2 N–H and O–H groups in total. The van der Waals surface area contributed by atoms with Gasteiger partial charge in [0, 0.05) is 6.07 Å². The van der Waals surface area contributed by atoms with Crippen LogP contribution in [0.3, 0.4) is 0 Å². The van der Waals surface area contributed by atoms with Gasteiger partial charge in [0.15, 0.2) is 11.6 Å². The molecule has 108 valence electrons. The highest BCUT2D eigenvalue weighted by Gasteiger charge is 2.21. The third kappa shape index (κ3) is 2.86. The molecule has 0 bridgehead atoms. The highest BCUT2D eigenvalue weighted by molar-refractivity contribution is 5.66. The van der Waals surface area contributed by atoms with Crippen LogP contribution in [0.4, 0.5) is 21.5 Å². The van der Waals surface area contributed by atoms with E-state index in [1.807, 2.05) is 0 Å². The molecule has 0 amide bonds. The fraction of sp³-hybridized carbons (Fsp3) is 0. The predicted molar refractivity (Wildman–Crippen MR) is 70.6 cm³/mol. The Morgan fingerprint density at radius 2 is 1.76 bits per heavy atom. The number of non-ortho nitro benzene ring substituents is 1. The number of hydrogen-bond acceptors (Lipinski definition) is 6. The lowest BCUT2D eigenvalue weighted by Gasteiger charge is -2.08. The van der Waals surface area contributed by atoms with Crippen LogP contribution in [0, 0.1) is 26.0 Å². The number of nitro benzene ring substituents is 2. The van der Waals surface area contributed by atoms with Crippen LogP contribution in [0.1, 0.15) is 0 Å². The van der Waals surface area contributed by atoms with Crippen molar-refractivity contribution in [3.63, 3.8) is 0 Å². The maximum absolute atomic E-state index is 13.7. The number of para-hydroxylation sites is 1. The molecule has 0 spiro atoms. The zero-order valence-electron chi connectivity index (χ0n) is 10.4. The van der Waals surface area contributed by atoms with Gasteiger partial charge in [0.05, 0.1) is 15.9 Å². The largest absolute Gasteiger partial charge is 0.447 e. The maximum Gasteiger partial charge on any atom is 0.334 e. The molecule has 9 heteroatoms. The van der Waals surface area contributed by atoms with E-state index in [0.29, 0.717) is 6.07 Å². The summed E-state index contributed by atoms with van der Waals surface area (Å²) in [7, 11) is 0. The first-order valence-corrected chi connectivity index (χ1v) is 5.55. The van der Waals surface area contributed by atoms with Crippen molar-refractivity contribution in [2.24, 2.45) is 0 Å². The van der Waals surface area contributed by atoms with Crippen molar-refractivity contribution >= 4 is 17.1 Å². The summed E-state index contributed by atoms with van der Waals surface area (Å²) in [4.78, 5) is 19.9. The lowest BCUT2D eigenvalue weighted by atomic mass is 10.2. The predicted octanol–water partition coefficient (Wildman–Crippen LogP) is 3.02. The normalized spacial score (nSPS) is 10.1. The number of hydrogen-bond donors (Lipinski definition) is 1. The zero-order chi connectivity index (χ0) is 15.6. The summed E-state index contributed by atoms with van der Waals surface area (Å²) in [5.74, 6) is -1.65. The van der Waals surface area contributed by atoms with Gasteiger partial charge < -0.3 is 10.5 Å². The molecule has 0 aromatic heterocycles. The van der Waals surface area contributed by atoms with Gasteiger partial charge in [-0.25, -0.2) is 4.39 Å². The Morgan fingerprint density at radius 3 is 2.33 bits per heavy atom. The van der Waals surface area contributed by atoms with Gasteiger partial charge in [-0.2, -0.15) is 0 Å². The molecule has 2 aromatic carbocycles. The molecule has 0 aliphatic heterocycles. The van der Waals surface area contributed by atoms with Gasteiger partial charge in [-0.15, -0.1) is 0 Å². The number of nitrogens with two attached hydrogens (primary N) is 1. The van der Waals surface area contributed by atoms with E-state index >= 15 is 0 Å². The second kappa shape index (κ2) is 5.41. The van der Waals surface area contributed by atoms with Crippen LogP contribution in [-0.4, -0.2) is 9.85 Å². The summed E-state index contributed by atoms with van der Waals surface area (Å²) in [5.41, 5.74) is 4.37. The molecule has 8 nitrogen and oxygen atoms in total. The summed E-state index contributed by atoms with van der Waals surface area (Å²) in [6.45, 7) is 0. The topological polar surface area (TPSA) is 122 Å². The van der Waals surface area contributed by atoms with E-state index in [1.165, 1.54) is 18.2 Å². The van der Waals surface area contributed by atoms with Gasteiger partial charge >= 0.3 is 5.69 Å². The summed E-state index contributed by atoms with van der Waals surface area (Å²) >= 11 is 0. The number of halogens is 1. The molecule has 2 rings (SSSR count). The van der Waals surface area contributed by atoms with E-state index < -0.39 is 27.0 Å². The third-order valence-electron chi connectivity index (χ3n) is 2.56. The second-order valence-corrected chi connectivity index (χ2v) is 3.92. The zero-order valence-corrected chi connectivity index (χ0v) is 10.4. The average Bonchev–Trinajstić information content (AvgIpc) is 2.40. The minimum atomic E-state index is -1.01. The van der Waals surface area contributed by atoms with Gasteiger partial charge in [0.1, 0.15) is 5.69 Å². The molecule has 2 aromatic rings. The van der Waals surface area contributed by atoms with Crippen LogP contribution in [0.25, 0.3) is 0 Å². The van der Waals surface area contributed by atoms with Gasteiger partial charge in [-0.1, -0.05) is 6.07 Å². The smallest absolute Gasteiger partial charge is 0.334 e. The van der Waals surface area contributed by atoms with E-state index in [-0.39, 0.29) is 17.2 Å². The number of nitro groups is 2. The highest BCUT2D eigenvalue weighted by atomic mass is 19.1. The quantitative estimate of drug-likeness (QED) is 0.525. The Bertz CT molecular complexity index is 735. The Hall–Kier alpha value is -3.23. The minimum Gasteiger partial charge on any atom is -0.447 e. The third-order valence-corrected chi connectivity index (χ3v) is 2.56. The summed E-state index contributed by atoms with van der Waals surface area (Å²) in [6.07, 6.45) is 0. The van der Waals surface area contributed by atoms with Crippen LogP contribution < -0.4 is 10.5 Å². The molecule has 0 fully saturated rings. The van der Waals surface area contributed by atoms with Gasteiger partial charge in [0.2, 0.25) is 5.75 Å². The Kier molecular flexibility index (Phi) is 3.65. The van der Waals surface area contributed by atoms with E-state index in [0.717, 1.165) is 12.1 Å². The Labute approximate surface area is 116 Å². The van der Waals surface area contributed by atoms with Crippen LogP contribution in [0.15, 0.2) is 36.4 Å². The Morgan fingerprint density at radius 1 is 1.05 bits per heavy atom. The summed E-state index contributed by atoms with van der Waals surface area (Å²) in [6, 6.07) is 6.65. The van der Waals surface area contributed by atoms with E-state index in [4.69, 9.17) is 10.5 Å². The second-order valence-electron chi connectivity index (χ2n) is 3.92. The van der Waals surface area contributed by atoms with Crippen molar-refractivity contribution in [2.45, 2.75) is 0 Å². The first kappa shape index (κ1) is 14.2. The lowest BCUT2D eigenvalue weighted by molar-refractivity contribution is -0.385. The average molecular weight is 293 g/mol. The summed E-state index contributed by atoms with van der Waals surface area (Å²) < 4.78 is 18.8. The molecule has 0 aliphatic carbocycles. The molecule has 0 heterocycles. The molecule has 0 unspecified atom stereocenters. The number of ether oxygens (including phenoxy) is 1. The molecule has 0 atom stereocenters. The van der Waals surface area contributed by atoms with Crippen molar-refractivity contribution in [1.82, 2.24) is 0 Å². The monoisotopic (exact) mass is 293 g/mol. The first-order valence-electron chi connectivity index (χ1n) is 5.55. The Balaban J connectivity index is 2.42.